The molecule has 94 valence electrons. The summed E-state index contributed by atoms with van der Waals surface area (Å²) in [5, 5.41) is 0. The van der Waals surface area contributed by atoms with Crippen LogP contribution >= 0.6 is 12.4 Å². The number of esters is 1. The van der Waals surface area contributed by atoms with Crippen molar-refractivity contribution in [1.82, 2.24) is 0 Å². The third kappa shape index (κ3) is 2.79. The van der Waals surface area contributed by atoms with E-state index in [-0.39, 0.29) is 18.4 Å². The van der Waals surface area contributed by atoms with Crippen molar-refractivity contribution >= 4 is 18.4 Å². The van der Waals surface area contributed by atoms with Gasteiger partial charge in [-0.2, -0.15) is 0 Å². The maximum Gasteiger partial charge on any atom is 0.326 e. The second-order valence-corrected chi connectivity index (χ2v) is 4.39. The van der Waals surface area contributed by atoms with Crippen LogP contribution in [-0.4, -0.2) is 18.1 Å². The van der Waals surface area contributed by atoms with Gasteiger partial charge in [0, 0.05) is 0 Å². The number of carbonyl (C=O) groups excluding carboxylic acids is 1. The van der Waals surface area contributed by atoms with Crippen LogP contribution in [0.5, 0.6) is 0 Å². The summed E-state index contributed by atoms with van der Waals surface area (Å²) in [6.45, 7) is 2.20. The molecule has 17 heavy (non-hydrogen) atoms. The summed E-state index contributed by atoms with van der Waals surface area (Å²) >= 11 is 0. The molecule has 0 heterocycles. The Labute approximate surface area is 108 Å². The molecule has 0 radical (unpaired) electrons. The van der Waals surface area contributed by atoms with Crippen molar-refractivity contribution < 1.29 is 9.53 Å². The summed E-state index contributed by atoms with van der Waals surface area (Å²) < 4.78 is 4.97. The molecule has 1 fully saturated rings. The fraction of sp³-hybridized carbons (Fsp3) is 0.462. The van der Waals surface area contributed by atoms with E-state index in [9.17, 15) is 4.79 Å². The van der Waals surface area contributed by atoms with Crippen molar-refractivity contribution in [3.8, 4) is 0 Å². The largest absolute Gasteiger partial charge is 0.465 e. The van der Waals surface area contributed by atoms with E-state index in [1.165, 1.54) is 5.56 Å². The molecular weight excluding hydrogens is 238 g/mol. The van der Waals surface area contributed by atoms with E-state index in [4.69, 9.17) is 10.5 Å². The van der Waals surface area contributed by atoms with Gasteiger partial charge in [0.05, 0.1) is 6.61 Å². The molecule has 4 heteroatoms. The molecule has 2 rings (SSSR count). The van der Waals surface area contributed by atoms with E-state index in [2.05, 4.69) is 12.1 Å². The molecule has 1 aliphatic carbocycles. The summed E-state index contributed by atoms with van der Waals surface area (Å²) in [5.74, 6) is 0.137. The Morgan fingerprint density at radius 2 is 2.00 bits per heavy atom. The highest BCUT2D eigenvalue weighted by atomic mass is 35.5. The first-order chi connectivity index (χ1) is 7.65. The molecule has 0 aromatic heterocycles. The monoisotopic (exact) mass is 255 g/mol. The van der Waals surface area contributed by atoms with Crippen LogP contribution < -0.4 is 5.73 Å². The molecule has 0 unspecified atom stereocenters. The van der Waals surface area contributed by atoms with Crippen LogP contribution in [0.25, 0.3) is 0 Å². The smallest absolute Gasteiger partial charge is 0.326 e. The predicted molar refractivity (Wildman–Crippen MR) is 69.2 cm³/mol. The Morgan fingerprint density at radius 1 is 1.41 bits per heavy atom. The normalized spacial score (nSPS) is 26.6. The van der Waals surface area contributed by atoms with Gasteiger partial charge >= 0.3 is 5.97 Å². The molecule has 0 saturated heterocycles. The zero-order chi connectivity index (χ0) is 11.6. The lowest BCUT2D eigenvalue weighted by Crippen LogP contribution is -2.57. The van der Waals surface area contributed by atoms with Crippen LogP contribution in [0.15, 0.2) is 30.3 Å². The third-order valence-corrected chi connectivity index (χ3v) is 3.17. The Kier molecular flexibility index (Phi) is 4.54. The molecule has 3 nitrogen and oxygen atoms in total. The maximum atomic E-state index is 11.6. The lowest BCUT2D eigenvalue weighted by Gasteiger charge is -2.42. The number of carbonyl (C=O) groups is 1. The first-order valence-electron chi connectivity index (χ1n) is 5.67. The lowest BCUT2D eigenvalue weighted by atomic mass is 9.66. The number of benzene rings is 1. The van der Waals surface area contributed by atoms with Gasteiger partial charge in [-0.3, -0.25) is 4.79 Å². The zero-order valence-corrected chi connectivity index (χ0v) is 10.7. The second kappa shape index (κ2) is 5.52. The minimum absolute atomic E-state index is 0. The van der Waals surface area contributed by atoms with Gasteiger partial charge in [-0.05, 0) is 31.2 Å². The van der Waals surface area contributed by atoms with Crippen molar-refractivity contribution in [3.63, 3.8) is 0 Å². The average Bonchev–Trinajstić information content (AvgIpc) is 2.26. The van der Waals surface area contributed by atoms with Gasteiger partial charge in [0.1, 0.15) is 5.54 Å². The number of nitrogens with two attached hydrogens (primary N) is 1. The fourth-order valence-electron chi connectivity index (χ4n) is 2.22. The summed E-state index contributed by atoms with van der Waals surface area (Å²) in [7, 11) is 0. The molecule has 1 saturated carbocycles. The van der Waals surface area contributed by atoms with Crippen molar-refractivity contribution in [1.29, 1.82) is 0 Å². The topological polar surface area (TPSA) is 52.3 Å². The van der Waals surface area contributed by atoms with E-state index in [1.54, 1.807) is 6.92 Å². The van der Waals surface area contributed by atoms with E-state index in [1.807, 2.05) is 18.2 Å². The highest BCUT2D eigenvalue weighted by Crippen LogP contribution is 2.43. The maximum absolute atomic E-state index is 11.6. The highest BCUT2D eigenvalue weighted by Gasteiger charge is 2.48. The molecular formula is C13H18ClNO2. The Balaban J connectivity index is 0.00000144. The van der Waals surface area contributed by atoms with Crippen LogP contribution in [0.1, 0.15) is 31.2 Å². The van der Waals surface area contributed by atoms with Gasteiger partial charge in [0.2, 0.25) is 0 Å². The molecule has 1 aliphatic rings. The Morgan fingerprint density at radius 3 is 2.53 bits per heavy atom. The average molecular weight is 256 g/mol. The summed E-state index contributed by atoms with van der Waals surface area (Å²) in [6.07, 6.45) is 1.38. The minimum Gasteiger partial charge on any atom is -0.465 e. The van der Waals surface area contributed by atoms with Crippen LogP contribution in [0, 0.1) is 0 Å². The first kappa shape index (κ1) is 14.0. The molecule has 0 spiro atoms. The Bertz CT molecular complexity index is 374. The standard InChI is InChI=1S/C13H17NO2.ClH/c1-2-16-12(15)13(14)8-11(9-13)10-6-4-3-5-7-10;/h3-7,11H,2,8-9,14H2,1H3;1H. The SMILES string of the molecule is CCOC(=O)C1(N)CC(c2ccccc2)C1.Cl. The summed E-state index contributed by atoms with van der Waals surface area (Å²) in [5.41, 5.74) is 6.49. The van der Waals surface area contributed by atoms with Gasteiger partial charge in [-0.15, -0.1) is 12.4 Å². The van der Waals surface area contributed by atoms with Crippen molar-refractivity contribution in [2.24, 2.45) is 5.73 Å². The fourth-order valence-corrected chi connectivity index (χ4v) is 2.22. The van der Waals surface area contributed by atoms with E-state index in [0.717, 1.165) is 0 Å². The van der Waals surface area contributed by atoms with E-state index in [0.29, 0.717) is 25.4 Å². The highest BCUT2D eigenvalue weighted by molar-refractivity contribution is 5.85. The van der Waals surface area contributed by atoms with Crippen LogP contribution in [-0.2, 0) is 9.53 Å². The number of halogens is 1. The van der Waals surface area contributed by atoms with Crippen molar-refractivity contribution in [2.45, 2.75) is 31.2 Å². The predicted octanol–water partition coefficient (Wildman–Crippen LogP) is 2.25. The zero-order valence-electron chi connectivity index (χ0n) is 9.89. The number of rotatable bonds is 3. The molecule has 0 amide bonds. The lowest BCUT2D eigenvalue weighted by molar-refractivity contribution is -0.153. The Hall–Kier alpha value is -1.06. The van der Waals surface area contributed by atoms with Gasteiger partial charge < -0.3 is 10.5 Å². The molecule has 2 N–H and O–H groups in total. The molecule has 0 bridgehead atoms. The van der Waals surface area contributed by atoms with Crippen LogP contribution in [0.3, 0.4) is 0 Å². The summed E-state index contributed by atoms with van der Waals surface area (Å²) in [4.78, 5) is 11.6. The number of hydrogen-bond donors (Lipinski definition) is 1. The third-order valence-electron chi connectivity index (χ3n) is 3.17. The van der Waals surface area contributed by atoms with Gasteiger partial charge in [-0.1, -0.05) is 30.3 Å². The second-order valence-electron chi connectivity index (χ2n) is 4.39. The van der Waals surface area contributed by atoms with Crippen molar-refractivity contribution in [3.05, 3.63) is 35.9 Å². The molecule has 1 aromatic carbocycles. The van der Waals surface area contributed by atoms with E-state index < -0.39 is 5.54 Å². The van der Waals surface area contributed by atoms with Crippen molar-refractivity contribution in [2.75, 3.05) is 6.61 Å². The molecule has 0 aliphatic heterocycles. The minimum atomic E-state index is -0.753. The molecule has 0 atom stereocenters. The quantitative estimate of drug-likeness (QED) is 0.843. The number of ether oxygens (including phenoxy) is 1. The number of hydrogen-bond acceptors (Lipinski definition) is 3. The summed E-state index contributed by atoms with van der Waals surface area (Å²) in [6, 6.07) is 10.2. The van der Waals surface area contributed by atoms with Gasteiger partial charge in [-0.25, -0.2) is 0 Å². The first-order valence-corrected chi connectivity index (χ1v) is 5.67. The van der Waals surface area contributed by atoms with Crippen LogP contribution in [0.4, 0.5) is 0 Å². The van der Waals surface area contributed by atoms with Crippen LogP contribution in [0.2, 0.25) is 0 Å². The van der Waals surface area contributed by atoms with Gasteiger partial charge in [0.15, 0.2) is 0 Å². The van der Waals surface area contributed by atoms with E-state index >= 15 is 0 Å². The van der Waals surface area contributed by atoms with Gasteiger partial charge in [0.25, 0.3) is 0 Å². The molecule has 1 aromatic rings.